The van der Waals surface area contributed by atoms with Crippen molar-refractivity contribution in [3.63, 3.8) is 0 Å². The number of amides is 2. The fraction of sp³-hybridized carbons (Fsp3) is 0.391. The lowest BCUT2D eigenvalue weighted by molar-refractivity contribution is -0.130. The summed E-state index contributed by atoms with van der Waals surface area (Å²) < 4.78 is 13.0. The van der Waals surface area contributed by atoms with Crippen LogP contribution in [0.2, 0.25) is 0 Å². The molecule has 2 amide bonds. The highest BCUT2D eigenvalue weighted by Crippen LogP contribution is 2.27. The summed E-state index contributed by atoms with van der Waals surface area (Å²) >= 11 is 0. The Hall–Kier alpha value is -2.73. The summed E-state index contributed by atoms with van der Waals surface area (Å²) in [5.41, 5.74) is 1.86. The predicted molar refractivity (Wildman–Crippen MR) is 110 cm³/mol. The number of nitrogens with zero attached hydrogens (tertiary/aromatic N) is 2. The number of anilines is 1. The van der Waals surface area contributed by atoms with Crippen molar-refractivity contribution in [1.82, 2.24) is 9.80 Å². The van der Waals surface area contributed by atoms with Gasteiger partial charge in [0.2, 0.25) is 11.8 Å². The number of likely N-dealkylation sites (tertiary alicyclic amines) is 2. The maximum atomic E-state index is 13.0. The molecule has 0 radical (unpaired) electrons. The van der Waals surface area contributed by atoms with E-state index in [1.54, 1.807) is 0 Å². The fourth-order valence-corrected chi connectivity index (χ4v) is 4.27. The smallest absolute Gasteiger partial charge is 0.229 e. The zero-order chi connectivity index (χ0) is 20.2. The Kier molecular flexibility index (Phi) is 5.90. The second-order valence-corrected chi connectivity index (χ2v) is 7.94. The summed E-state index contributed by atoms with van der Waals surface area (Å²) in [6, 6.07) is 16.3. The molecule has 0 aromatic heterocycles. The maximum Gasteiger partial charge on any atom is 0.229 e. The highest BCUT2D eigenvalue weighted by Gasteiger charge is 2.38. The molecule has 2 heterocycles. The largest absolute Gasteiger partial charge is 0.339 e. The van der Waals surface area contributed by atoms with Crippen LogP contribution in [0, 0.1) is 11.7 Å². The number of benzene rings is 2. The van der Waals surface area contributed by atoms with Crippen LogP contribution in [-0.4, -0.2) is 47.3 Å². The first-order valence-corrected chi connectivity index (χ1v) is 10.2. The van der Waals surface area contributed by atoms with Crippen LogP contribution in [0.15, 0.2) is 54.6 Å². The SMILES string of the molecule is O=C(Nc1ccc(F)cc1)C1CC(=O)N(C2CCN(Cc3ccccc3)CC2)C1. The van der Waals surface area contributed by atoms with E-state index in [4.69, 9.17) is 0 Å². The van der Waals surface area contributed by atoms with E-state index >= 15 is 0 Å². The minimum atomic E-state index is -0.352. The van der Waals surface area contributed by atoms with Gasteiger partial charge in [-0.2, -0.15) is 0 Å². The van der Waals surface area contributed by atoms with Gasteiger partial charge in [0.1, 0.15) is 5.82 Å². The Morgan fingerprint density at radius 3 is 2.41 bits per heavy atom. The summed E-state index contributed by atoms with van der Waals surface area (Å²) in [7, 11) is 0. The van der Waals surface area contributed by atoms with Crippen molar-refractivity contribution in [3.05, 3.63) is 66.0 Å². The van der Waals surface area contributed by atoms with Crippen LogP contribution in [0.3, 0.4) is 0 Å². The summed E-state index contributed by atoms with van der Waals surface area (Å²) in [6.07, 6.45) is 2.12. The number of hydrogen-bond acceptors (Lipinski definition) is 3. The lowest BCUT2D eigenvalue weighted by Crippen LogP contribution is -2.45. The van der Waals surface area contributed by atoms with E-state index in [9.17, 15) is 14.0 Å². The molecule has 2 aromatic rings. The number of carbonyl (C=O) groups is 2. The first kappa shape index (κ1) is 19.6. The fourth-order valence-electron chi connectivity index (χ4n) is 4.27. The lowest BCUT2D eigenvalue weighted by atomic mass is 10.0. The molecule has 2 fully saturated rings. The second-order valence-electron chi connectivity index (χ2n) is 7.94. The van der Waals surface area contributed by atoms with Crippen molar-refractivity contribution in [3.8, 4) is 0 Å². The molecule has 2 saturated heterocycles. The topological polar surface area (TPSA) is 52.7 Å². The minimum Gasteiger partial charge on any atom is -0.339 e. The quantitative estimate of drug-likeness (QED) is 0.845. The monoisotopic (exact) mass is 395 g/mol. The number of rotatable bonds is 5. The van der Waals surface area contributed by atoms with E-state index in [2.05, 4.69) is 34.5 Å². The Morgan fingerprint density at radius 2 is 1.72 bits per heavy atom. The molecule has 0 saturated carbocycles. The Balaban J connectivity index is 1.28. The van der Waals surface area contributed by atoms with Crippen LogP contribution in [0.1, 0.15) is 24.8 Å². The third kappa shape index (κ3) is 4.82. The van der Waals surface area contributed by atoms with Gasteiger partial charge in [-0.25, -0.2) is 4.39 Å². The molecule has 1 atom stereocenters. The lowest BCUT2D eigenvalue weighted by Gasteiger charge is -2.36. The number of piperidine rings is 1. The molecular weight excluding hydrogens is 369 g/mol. The maximum absolute atomic E-state index is 13.0. The van der Waals surface area contributed by atoms with Crippen LogP contribution in [0.4, 0.5) is 10.1 Å². The molecule has 0 aliphatic carbocycles. The molecule has 4 rings (SSSR count). The number of carbonyl (C=O) groups excluding carboxylic acids is 2. The molecule has 0 bridgehead atoms. The third-order valence-electron chi connectivity index (χ3n) is 5.89. The zero-order valence-corrected chi connectivity index (χ0v) is 16.4. The Morgan fingerprint density at radius 1 is 1.03 bits per heavy atom. The molecule has 6 heteroatoms. The van der Waals surface area contributed by atoms with Crippen molar-refractivity contribution >= 4 is 17.5 Å². The van der Waals surface area contributed by atoms with Gasteiger partial charge in [0, 0.05) is 44.3 Å². The Bertz CT molecular complexity index is 848. The van der Waals surface area contributed by atoms with Gasteiger partial charge < -0.3 is 10.2 Å². The molecule has 29 heavy (non-hydrogen) atoms. The number of nitrogens with one attached hydrogen (secondary N) is 1. The molecule has 2 aromatic carbocycles. The molecule has 2 aliphatic heterocycles. The van der Waals surface area contributed by atoms with E-state index in [0.717, 1.165) is 32.5 Å². The first-order chi connectivity index (χ1) is 14.1. The van der Waals surface area contributed by atoms with Crippen molar-refractivity contribution in [2.75, 3.05) is 25.0 Å². The number of halogens is 1. The van der Waals surface area contributed by atoms with E-state index < -0.39 is 0 Å². The Labute approximate surface area is 170 Å². The van der Waals surface area contributed by atoms with Crippen LogP contribution in [-0.2, 0) is 16.1 Å². The van der Waals surface area contributed by atoms with Gasteiger partial charge in [0.05, 0.1) is 5.92 Å². The van der Waals surface area contributed by atoms with E-state index in [1.165, 1.54) is 29.8 Å². The van der Waals surface area contributed by atoms with Crippen molar-refractivity contribution < 1.29 is 14.0 Å². The summed E-state index contributed by atoms with van der Waals surface area (Å²) in [5.74, 6) is -0.807. The average Bonchev–Trinajstić information content (AvgIpc) is 3.13. The van der Waals surface area contributed by atoms with Gasteiger partial charge in [0.15, 0.2) is 0 Å². The summed E-state index contributed by atoms with van der Waals surface area (Å²) in [4.78, 5) is 29.4. The van der Waals surface area contributed by atoms with Gasteiger partial charge >= 0.3 is 0 Å². The van der Waals surface area contributed by atoms with Crippen LogP contribution < -0.4 is 5.32 Å². The van der Waals surface area contributed by atoms with Gasteiger partial charge in [-0.15, -0.1) is 0 Å². The highest BCUT2D eigenvalue weighted by molar-refractivity contribution is 5.97. The van der Waals surface area contributed by atoms with Gasteiger partial charge in [0.25, 0.3) is 0 Å². The van der Waals surface area contributed by atoms with Crippen molar-refractivity contribution in [2.45, 2.75) is 31.8 Å². The van der Waals surface area contributed by atoms with Crippen LogP contribution in [0.5, 0.6) is 0 Å². The minimum absolute atomic E-state index is 0.0609. The van der Waals surface area contributed by atoms with E-state index in [1.807, 2.05) is 11.0 Å². The second kappa shape index (κ2) is 8.74. The normalized spacial score (nSPS) is 20.8. The molecular formula is C23H26FN3O2. The number of hydrogen-bond donors (Lipinski definition) is 1. The van der Waals surface area contributed by atoms with Crippen LogP contribution >= 0.6 is 0 Å². The van der Waals surface area contributed by atoms with Gasteiger partial charge in [-0.1, -0.05) is 30.3 Å². The third-order valence-corrected chi connectivity index (χ3v) is 5.89. The highest BCUT2D eigenvalue weighted by atomic mass is 19.1. The van der Waals surface area contributed by atoms with Gasteiger partial charge in [-0.05, 0) is 42.7 Å². The standard InChI is InChI=1S/C23H26FN3O2/c24-19-6-8-20(9-7-19)25-23(29)18-14-22(28)27(16-18)21-10-12-26(13-11-21)15-17-4-2-1-3-5-17/h1-9,18,21H,10-16H2,(H,25,29). The van der Waals surface area contributed by atoms with Crippen LogP contribution in [0.25, 0.3) is 0 Å². The summed E-state index contributed by atoms with van der Waals surface area (Å²) in [5, 5.41) is 2.80. The molecule has 1 N–H and O–H groups in total. The molecule has 0 spiro atoms. The molecule has 152 valence electrons. The average molecular weight is 395 g/mol. The predicted octanol–water partition coefficient (Wildman–Crippen LogP) is 3.28. The first-order valence-electron chi connectivity index (χ1n) is 10.2. The van der Waals surface area contributed by atoms with E-state index in [0.29, 0.717) is 12.2 Å². The zero-order valence-electron chi connectivity index (χ0n) is 16.4. The van der Waals surface area contributed by atoms with Crippen molar-refractivity contribution in [1.29, 1.82) is 0 Å². The molecule has 2 aliphatic rings. The molecule has 1 unspecified atom stereocenters. The van der Waals surface area contributed by atoms with E-state index in [-0.39, 0.29) is 36.0 Å². The summed E-state index contributed by atoms with van der Waals surface area (Å²) in [6.45, 7) is 3.31. The molecule has 5 nitrogen and oxygen atoms in total. The van der Waals surface area contributed by atoms with Crippen molar-refractivity contribution in [2.24, 2.45) is 5.92 Å². The van der Waals surface area contributed by atoms with Gasteiger partial charge in [-0.3, -0.25) is 14.5 Å².